The molecule has 4 rings (SSSR count). The number of hydrogen-bond donors (Lipinski definition) is 1. The van der Waals surface area contributed by atoms with E-state index in [2.05, 4.69) is 10.3 Å². The van der Waals surface area contributed by atoms with Crippen LogP contribution in [0.3, 0.4) is 0 Å². The number of alkyl halides is 2. The molecule has 1 aliphatic carbocycles. The summed E-state index contributed by atoms with van der Waals surface area (Å²) in [4.78, 5) is 17.7. The number of anilines is 1. The molecule has 0 aromatic carbocycles. The summed E-state index contributed by atoms with van der Waals surface area (Å²) in [6, 6.07) is 3.08. The topological polar surface area (TPSA) is 72.9 Å². The number of pyridine rings is 1. The lowest BCUT2D eigenvalue weighted by Crippen LogP contribution is -2.60. The normalized spacial score (nSPS) is 22.8. The maximum absolute atomic E-state index is 13.2. The summed E-state index contributed by atoms with van der Waals surface area (Å²) in [5, 5.41) is 2.71. The van der Waals surface area contributed by atoms with Crippen LogP contribution in [0.1, 0.15) is 19.8 Å². The Hall–Kier alpha value is -2.16. The molecule has 2 aliphatic heterocycles. The van der Waals surface area contributed by atoms with Crippen LogP contribution < -0.4 is 19.7 Å². The quantitative estimate of drug-likeness (QED) is 0.829. The van der Waals surface area contributed by atoms with Gasteiger partial charge >= 0.3 is 6.09 Å². The van der Waals surface area contributed by atoms with Gasteiger partial charge < -0.3 is 24.4 Å². The predicted octanol–water partition coefficient (Wildman–Crippen LogP) is 2.20. The van der Waals surface area contributed by atoms with Gasteiger partial charge in [0.25, 0.3) is 5.92 Å². The standard InChI is InChI=1S/C17H21F2N3O4/c1-16(9-24-10-16)21-15(23)26-13-5-4-12(22-7-17(18,19)8-22)14(20-13)25-6-11-2-3-11/h4-5,11H,2-3,6-10H2,1H3,(H,21,23). The van der Waals surface area contributed by atoms with Crippen LogP contribution in [-0.2, 0) is 4.74 Å². The molecule has 1 amide bonds. The molecule has 7 nitrogen and oxygen atoms in total. The highest BCUT2D eigenvalue weighted by Gasteiger charge is 2.45. The zero-order chi connectivity index (χ0) is 18.4. The molecule has 3 fully saturated rings. The highest BCUT2D eigenvalue weighted by Crippen LogP contribution is 2.38. The summed E-state index contributed by atoms with van der Waals surface area (Å²) < 4.78 is 42.4. The third-order valence-electron chi connectivity index (χ3n) is 4.59. The minimum atomic E-state index is -2.69. The van der Waals surface area contributed by atoms with Crippen molar-refractivity contribution in [3.05, 3.63) is 12.1 Å². The number of nitrogens with zero attached hydrogens (tertiary/aromatic N) is 2. The zero-order valence-electron chi connectivity index (χ0n) is 14.5. The molecule has 142 valence electrons. The average Bonchev–Trinajstić information content (AvgIpc) is 3.33. The van der Waals surface area contributed by atoms with Crippen LogP contribution in [0.5, 0.6) is 11.8 Å². The predicted molar refractivity (Wildman–Crippen MR) is 88.0 cm³/mol. The van der Waals surface area contributed by atoms with E-state index in [0.29, 0.717) is 31.4 Å². The molecule has 0 bridgehead atoms. The second-order valence-corrected chi connectivity index (χ2v) is 7.51. The lowest BCUT2D eigenvalue weighted by atomic mass is 10.0. The third kappa shape index (κ3) is 3.82. The van der Waals surface area contributed by atoms with E-state index >= 15 is 0 Å². The van der Waals surface area contributed by atoms with Gasteiger partial charge in [-0.05, 0) is 31.7 Å². The third-order valence-corrected chi connectivity index (χ3v) is 4.59. The largest absolute Gasteiger partial charge is 0.476 e. The summed E-state index contributed by atoms with van der Waals surface area (Å²) >= 11 is 0. The van der Waals surface area contributed by atoms with Crippen molar-refractivity contribution in [2.24, 2.45) is 5.92 Å². The van der Waals surface area contributed by atoms with Crippen LogP contribution in [0.4, 0.5) is 19.3 Å². The summed E-state index contributed by atoms with van der Waals surface area (Å²) in [6.45, 7) is 2.44. The highest BCUT2D eigenvalue weighted by molar-refractivity contribution is 5.71. The maximum Gasteiger partial charge on any atom is 0.414 e. The molecule has 3 heterocycles. The number of hydrogen-bond acceptors (Lipinski definition) is 6. The van der Waals surface area contributed by atoms with E-state index in [1.807, 2.05) is 6.92 Å². The molecule has 0 atom stereocenters. The van der Waals surface area contributed by atoms with Gasteiger partial charge in [0.2, 0.25) is 11.8 Å². The Balaban J connectivity index is 1.44. The molecule has 0 radical (unpaired) electrons. The lowest BCUT2D eigenvalue weighted by Gasteiger charge is -2.40. The zero-order valence-corrected chi connectivity index (χ0v) is 14.5. The molecule has 1 N–H and O–H groups in total. The summed E-state index contributed by atoms with van der Waals surface area (Å²) in [5.41, 5.74) is 0.0506. The van der Waals surface area contributed by atoms with Crippen LogP contribution in [-0.4, -0.2) is 55.4 Å². The second kappa shape index (κ2) is 6.22. The van der Waals surface area contributed by atoms with Gasteiger partial charge in [-0.2, -0.15) is 4.98 Å². The van der Waals surface area contributed by atoms with E-state index < -0.39 is 17.6 Å². The molecular weight excluding hydrogens is 348 g/mol. The van der Waals surface area contributed by atoms with E-state index in [1.165, 1.54) is 11.0 Å². The first-order valence-corrected chi connectivity index (χ1v) is 8.66. The van der Waals surface area contributed by atoms with Gasteiger partial charge in [-0.15, -0.1) is 0 Å². The minimum absolute atomic E-state index is 0.0631. The highest BCUT2D eigenvalue weighted by atomic mass is 19.3. The molecule has 1 aromatic rings. The van der Waals surface area contributed by atoms with Crippen molar-refractivity contribution in [2.75, 3.05) is 37.8 Å². The van der Waals surface area contributed by atoms with Crippen molar-refractivity contribution in [1.29, 1.82) is 0 Å². The summed E-state index contributed by atoms with van der Waals surface area (Å²) in [6.07, 6.45) is 1.55. The Morgan fingerprint density at radius 3 is 2.69 bits per heavy atom. The Morgan fingerprint density at radius 1 is 1.38 bits per heavy atom. The first kappa shape index (κ1) is 17.3. The number of carbonyl (C=O) groups is 1. The average molecular weight is 369 g/mol. The van der Waals surface area contributed by atoms with Crippen LogP contribution in [0.2, 0.25) is 0 Å². The molecule has 1 aromatic heterocycles. The number of nitrogens with one attached hydrogen (secondary N) is 1. The van der Waals surface area contributed by atoms with E-state index in [4.69, 9.17) is 14.2 Å². The molecule has 26 heavy (non-hydrogen) atoms. The van der Waals surface area contributed by atoms with Crippen LogP contribution in [0.15, 0.2) is 12.1 Å². The van der Waals surface area contributed by atoms with Crippen molar-refractivity contribution in [3.8, 4) is 11.8 Å². The van der Waals surface area contributed by atoms with Gasteiger partial charge in [0.15, 0.2) is 0 Å². The fourth-order valence-electron chi connectivity index (χ4n) is 2.83. The van der Waals surface area contributed by atoms with Crippen molar-refractivity contribution in [1.82, 2.24) is 10.3 Å². The fraction of sp³-hybridized carbons (Fsp3) is 0.647. The lowest BCUT2D eigenvalue weighted by molar-refractivity contribution is -0.0597. The van der Waals surface area contributed by atoms with Crippen LogP contribution >= 0.6 is 0 Å². The van der Waals surface area contributed by atoms with E-state index in [1.54, 1.807) is 6.07 Å². The van der Waals surface area contributed by atoms with Crippen LogP contribution in [0, 0.1) is 5.92 Å². The smallest absolute Gasteiger partial charge is 0.414 e. The van der Waals surface area contributed by atoms with Crippen molar-refractivity contribution in [2.45, 2.75) is 31.2 Å². The van der Waals surface area contributed by atoms with Gasteiger partial charge in [-0.1, -0.05) is 0 Å². The number of rotatable bonds is 6. The number of carbonyl (C=O) groups excluding carboxylic acids is 1. The molecular formula is C17H21F2N3O4. The maximum atomic E-state index is 13.2. The molecule has 9 heteroatoms. The number of ether oxygens (including phenoxy) is 3. The molecule has 0 spiro atoms. The Morgan fingerprint density at radius 2 is 2.12 bits per heavy atom. The summed E-state index contributed by atoms with van der Waals surface area (Å²) in [7, 11) is 0. The fourth-order valence-corrected chi connectivity index (χ4v) is 2.83. The Kier molecular flexibility index (Phi) is 4.13. The molecule has 3 aliphatic rings. The van der Waals surface area contributed by atoms with Gasteiger partial charge in [-0.25, -0.2) is 13.6 Å². The summed E-state index contributed by atoms with van der Waals surface area (Å²) in [5.74, 6) is -1.93. The number of halogens is 2. The SMILES string of the molecule is CC1(NC(=O)Oc2ccc(N3CC(F)(F)C3)c(OCC3CC3)n2)COC1. The van der Waals surface area contributed by atoms with E-state index in [9.17, 15) is 13.6 Å². The van der Waals surface area contributed by atoms with E-state index in [-0.39, 0.29) is 24.8 Å². The molecule has 2 saturated heterocycles. The van der Waals surface area contributed by atoms with E-state index in [0.717, 1.165) is 12.8 Å². The van der Waals surface area contributed by atoms with Crippen LogP contribution in [0.25, 0.3) is 0 Å². The first-order chi connectivity index (χ1) is 12.3. The Labute approximate surface area is 149 Å². The van der Waals surface area contributed by atoms with Gasteiger partial charge in [-0.3, -0.25) is 0 Å². The number of aromatic nitrogens is 1. The monoisotopic (exact) mass is 369 g/mol. The number of amides is 1. The van der Waals surface area contributed by atoms with Gasteiger partial charge in [0.05, 0.1) is 38.4 Å². The molecule has 1 saturated carbocycles. The van der Waals surface area contributed by atoms with Crippen molar-refractivity contribution in [3.63, 3.8) is 0 Å². The van der Waals surface area contributed by atoms with Gasteiger partial charge in [0, 0.05) is 6.07 Å². The van der Waals surface area contributed by atoms with Crippen molar-refractivity contribution < 1.29 is 27.8 Å². The van der Waals surface area contributed by atoms with Crippen molar-refractivity contribution >= 4 is 11.8 Å². The second-order valence-electron chi connectivity index (χ2n) is 7.51. The minimum Gasteiger partial charge on any atom is -0.476 e. The Bertz CT molecular complexity index is 699. The van der Waals surface area contributed by atoms with Gasteiger partial charge in [0.1, 0.15) is 5.69 Å². The first-order valence-electron chi connectivity index (χ1n) is 8.66. The molecule has 0 unspecified atom stereocenters.